The fraction of sp³-hybridized carbons (Fsp3) is 0.429. The van der Waals surface area contributed by atoms with Crippen LogP contribution in [0.2, 0.25) is 0 Å². The highest BCUT2D eigenvalue weighted by atomic mass is 16.5. The van der Waals surface area contributed by atoms with Crippen molar-refractivity contribution in [2.24, 2.45) is 0 Å². The molecule has 1 atom stereocenters. The van der Waals surface area contributed by atoms with Gasteiger partial charge in [-0.3, -0.25) is 0 Å². The van der Waals surface area contributed by atoms with Crippen molar-refractivity contribution in [3.8, 4) is 11.8 Å². The lowest BCUT2D eigenvalue weighted by molar-refractivity contribution is 0.122. The highest BCUT2D eigenvalue weighted by Gasteiger charge is 2.30. The van der Waals surface area contributed by atoms with Crippen LogP contribution in [0, 0.1) is 11.3 Å². The molecule has 5 rings (SSSR count). The summed E-state index contributed by atoms with van der Waals surface area (Å²) in [6, 6.07) is 8.43. The number of fused-ring (bicyclic) bond motifs is 2. The van der Waals surface area contributed by atoms with Gasteiger partial charge in [-0.25, -0.2) is 4.98 Å². The van der Waals surface area contributed by atoms with E-state index in [2.05, 4.69) is 32.7 Å². The Kier molecular flexibility index (Phi) is 4.30. The zero-order valence-corrected chi connectivity index (χ0v) is 15.9. The molecule has 4 heterocycles. The number of nitrogens with one attached hydrogen (secondary N) is 2. The minimum Gasteiger partial charge on any atom is -0.482 e. The number of rotatable bonds is 2. The largest absolute Gasteiger partial charge is 0.482 e. The Balaban J connectivity index is 1.59. The molecule has 1 aromatic heterocycles. The second kappa shape index (κ2) is 6.97. The number of hydrogen-bond donors (Lipinski definition) is 2. The van der Waals surface area contributed by atoms with Crippen molar-refractivity contribution in [1.82, 2.24) is 10.3 Å². The topological polar surface area (TPSA) is 82.4 Å². The van der Waals surface area contributed by atoms with Crippen molar-refractivity contribution >= 4 is 17.2 Å². The van der Waals surface area contributed by atoms with Gasteiger partial charge in [0.1, 0.15) is 18.0 Å². The first-order chi connectivity index (χ1) is 13.7. The van der Waals surface area contributed by atoms with E-state index in [1.165, 1.54) is 0 Å². The lowest BCUT2D eigenvalue weighted by Gasteiger charge is -2.31. The monoisotopic (exact) mass is 377 g/mol. The minimum absolute atomic E-state index is 0.224. The van der Waals surface area contributed by atoms with Crippen molar-refractivity contribution in [1.29, 1.82) is 5.26 Å². The van der Waals surface area contributed by atoms with E-state index in [1.54, 1.807) is 0 Å². The average molecular weight is 377 g/mol. The summed E-state index contributed by atoms with van der Waals surface area (Å²) in [7, 11) is 0. The SMILES string of the molecule is C[C@@H]1Oc2c(C#N)cc(C3CNC3)cc2Nc2nccc(N3CCOCC3)c21. The zero-order valence-electron chi connectivity index (χ0n) is 15.9. The van der Waals surface area contributed by atoms with Gasteiger partial charge in [-0.2, -0.15) is 5.26 Å². The predicted molar refractivity (Wildman–Crippen MR) is 106 cm³/mol. The molecule has 3 aliphatic rings. The number of aromatic nitrogens is 1. The predicted octanol–water partition coefficient (Wildman–Crippen LogP) is 2.67. The van der Waals surface area contributed by atoms with Crippen LogP contribution in [0.1, 0.15) is 35.6 Å². The van der Waals surface area contributed by atoms with E-state index in [0.29, 0.717) is 17.2 Å². The molecule has 28 heavy (non-hydrogen) atoms. The smallest absolute Gasteiger partial charge is 0.161 e. The van der Waals surface area contributed by atoms with E-state index in [0.717, 1.165) is 67.7 Å². The van der Waals surface area contributed by atoms with E-state index in [-0.39, 0.29) is 6.10 Å². The van der Waals surface area contributed by atoms with Crippen LogP contribution >= 0.6 is 0 Å². The van der Waals surface area contributed by atoms with E-state index < -0.39 is 0 Å². The summed E-state index contributed by atoms with van der Waals surface area (Å²) >= 11 is 0. The van der Waals surface area contributed by atoms with Crippen LogP contribution in [0.5, 0.6) is 5.75 Å². The van der Waals surface area contributed by atoms with Gasteiger partial charge in [0, 0.05) is 44.0 Å². The van der Waals surface area contributed by atoms with E-state index >= 15 is 0 Å². The zero-order chi connectivity index (χ0) is 19.1. The first kappa shape index (κ1) is 17.3. The molecule has 7 nitrogen and oxygen atoms in total. The second-order valence-electron chi connectivity index (χ2n) is 7.49. The van der Waals surface area contributed by atoms with Crippen molar-refractivity contribution in [2.45, 2.75) is 18.9 Å². The molecule has 0 bridgehead atoms. The number of nitrogens with zero attached hydrogens (tertiary/aromatic N) is 3. The molecule has 0 aliphatic carbocycles. The van der Waals surface area contributed by atoms with Crippen LogP contribution in [0.25, 0.3) is 0 Å². The molecular formula is C21H23N5O2. The lowest BCUT2D eigenvalue weighted by atomic mass is 9.91. The van der Waals surface area contributed by atoms with Crippen molar-refractivity contribution in [3.05, 3.63) is 41.1 Å². The Bertz CT molecular complexity index is 945. The summed E-state index contributed by atoms with van der Waals surface area (Å²) < 4.78 is 11.8. The van der Waals surface area contributed by atoms with Crippen molar-refractivity contribution < 1.29 is 9.47 Å². The Morgan fingerprint density at radius 3 is 2.79 bits per heavy atom. The van der Waals surface area contributed by atoms with Gasteiger partial charge in [0.05, 0.1) is 30.0 Å². The van der Waals surface area contributed by atoms with Crippen LogP contribution in [0.3, 0.4) is 0 Å². The van der Waals surface area contributed by atoms with Crippen LogP contribution in [0.4, 0.5) is 17.2 Å². The number of pyridine rings is 1. The molecule has 0 spiro atoms. The van der Waals surface area contributed by atoms with E-state index in [9.17, 15) is 5.26 Å². The molecule has 2 fully saturated rings. The maximum absolute atomic E-state index is 9.73. The molecule has 0 radical (unpaired) electrons. The second-order valence-corrected chi connectivity index (χ2v) is 7.49. The fourth-order valence-electron chi connectivity index (χ4n) is 4.12. The third-order valence-electron chi connectivity index (χ3n) is 5.76. The summed E-state index contributed by atoms with van der Waals surface area (Å²) in [6.07, 6.45) is 1.61. The summed E-state index contributed by atoms with van der Waals surface area (Å²) in [6.45, 7) is 7.03. The molecule has 0 saturated carbocycles. The van der Waals surface area contributed by atoms with Crippen molar-refractivity contribution in [2.75, 3.05) is 49.6 Å². The quantitative estimate of drug-likeness (QED) is 0.833. The van der Waals surface area contributed by atoms with Crippen LogP contribution in [-0.4, -0.2) is 44.4 Å². The minimum atomic E-state index is -0.224. The van der Waals surface area contributed by atoms with Crippen LogP contribution in [-0.2, 0) is 4.74 Å². The average Bonchev–Trinajstić information content (AvgIpc) is 2.82. The van der Waals surface area contributed by atoms with Gasteiger partial charge in [-0.1, -0.05) is 0 Å². The van der Waals surface area contributed by atoms with Crippen LogP contribution < -0.4 is 20.3 Å². The molecule has 0 amide bonds. The third-order valence-corrected chi connectivity index (χ3v) is 5.76. The fourth-order valence-corrected chi connectivity index (χ4v) is 4.12. The maximum atomic E-state index is 9.73. The molecule has 7 heteroatoms. The summed E-state index contributed by atoms with van der Waals surface area (Å²) in [5.74, 6) is 1.84. The molecular weight excluding hydrogens is 354 g/mol. The Morgan fingerprint density at radius 2 is 2.07 bits per heavy atom. The van der Waals surface area contributed by atoms with Crippen molar-refractivity contribution in [3.63, 3.8) is 0 Å². The Hall–Kier alpha value is -2.82. The van der Waals surface area contributed by atoms with Gasteiger partial charge >= 0.3 is 0 Å². The Labute approximate surface area is 164 Å². The van der Waals surface area contributed by atoms with Gasteiger partial charge in [-0.15, -0.1) is 0 Å². The van der Waals surface area contributed by atoms with Gasteiger partial charge in [0.15, 0.2) is 5.75 Å². The van der Waals surface area contributed by atoms with E-state index in [4.69, 9.17) is 9.47 Å². The highest BCUT2D eigenvalue weighted by molar-refractivity contribution is 5.76. The molecule has 1 aromatic carbocycles. The molecule has 2 N–H and O–H groups in total. The normalized spacial score (nSPS) is 21.3. The third kappa shape index (κ3) is 2.86. The summed E-state index contributed by atoms with van der Waals surface area (Å²) in [5.41, 5.74) is 4.68. The number of benzene rings is 1. The van der Waals surface area contributed by atoms with Gasteiger partial charge in [0.2, 0.25) is 0 Å². The summed E-state index contributed by atoms with van der Waals surface area (Å²) in [5, 5.41) is 16.5. The molecule has 144 valence electrons. The molecule has 2 aromatic rings. The van der Waals surface area contributed by atoms with Gasteiger partial charge in [-0.05, 0) is 30.7 Å². The summed E-state index contributed by atoms with van der Waals surface area (Å²) in [4.78, 5) is 6.92. The van der Waals surface area contributed by atoms with Gasteiger partial charge < -0.3 is 25.0 Å². The maximum Gasteiger partial charge on any atom is 0.161 e. The van der Waals surface area contributed by atoms with Crippen LogP contribution in [0.15, 0.2) is 24.4 Å². The number of hydrogen-bond acceptors (Lipinski definition) is 7. The highest BCUT2D eigenvalue weighted by Crippen LogP contribution is 2.44. The number of morpholine rings is 1. The number of nitriles is 1. The molecule has 3 aliphatic heterocycles. The van der Waals surface area contributed by atoms with E-state index in [1.807, 2.05) is 25.3 Å². The molecule has 0 unspecified atom stereocenters. The first-order valence-corrected chi connectivity index (χ1v) is 9.78. The Morgan fingerprint density at radius 1 is 1.25 bits per heavy atom. The lowest BCUT2D eigenvalue weighted by Crippen LogP contribution is -2.39. The molecule has 2 saturated heterocycles. The number of ether oxygens (including phenoxy) is 2. The first-order valence-electron chi connectivity index (χ1n) is 9.78. The van der Waals surface area contributed by atoms with Gasteiger partial charge in [0.25, 0.3) is 0 Å². The standard InChI is InChI=1S/C21H23N5O2/c1-13-19-18(26-4-6-27-7-5-26)2-3-24-21(19)25-17-9-14(16-11-23-12-16)8-15(10-22)20(17)28-13/h2-3,8-9,13,16,23H,4-7,11-12H2,1H3,(H,24,25)/t13-/m0/s1. The number of anilines is 3.